The second-order valence-corrected chi connectivity index (χ2v) is 3.99. The Morgan fingerprint density at radius 3 is 2.56 bits per heavy atom. The Morgan fingerprint density at radius 2 is 2.00 bits per heavy atom. The van der Waals surface area contributed by atoms with Gasteiger partial charge in [0.1, 0.15) is 5.82 Å². The molecule has 1 heterocycles. The number of imidazole rings is 1. The Kier molecular flexibility index (Phi) is 2.90. The van der Waals surface area contributed by atoms with Gasteiger partial charge < -0.3 is 5.11 Å². The molecule has 1 aromatic heterocycles. The maximum absolute atomic E-state index is 12.7. The van der Waals surface area contributed by atoms with Crippen LogP contribution in [0.15, 0.2) is 30.5 Å². The highest BCUT2D eigenvalue weighted by molar-refractivity contribution is 14.1. The van der Waals surface area contributed by atoms with Gasteiger partial charge in [-0.05, 0) is 24.3 Å². The van der Waals surface area contributed by atoms with Crippen molar-refractivity contribution in [1.82, 2.24) is 9.55 Å². The van der Waals surface area contributed by atoms with Crippen molar-refractivity contribution in [3.63, 3.8) is 0 Å². The minimum Gasteiger partial charge on any atom is -0.477 e. The fraction of sp³-hybridized carbons (Fsp3) is 0. The molecule has 0 aliphatic heterocycles. The summed E-state index contributed by atoms with van der Waals surface area (Å²) in [7, 11) is 0. The molecule has 4 nitrogen and oxygen atoms in total. The van der Waals surface area contributed by atoms with Crippen molar-refractivity contribution in [3.05, 3.63) is 45.8 Å². The van der Waals surface area contributed by atoms with Crippen LogP contribution in [0.2, 0.25) is 0 Å². The summed E-state index contributed by atoms with van der Waals surface area (Å²) in [5.74, 6) is -1.43. The van der Waals surface area contributed by atoms with E-state index in [1.54, 1.807) is 0 Å². The van der Waals surface area contributed by atoms with Gasteiger partial charge >= 0.3 is 5.97 Å². The maximum Gasteiger partial charge on any atom is 0.354 e. The average molecular weight is 332 g/mol. The summed E-state index contributed by atoms with van der Waals surface area (Å²) < 4.78 is 14.7. The molecule has 0 saturated carbocycles. The first-order valence-corrected chi connectivity index (χ1v) is 5.40. The van der Waals surface area contributed by atoms with E-state index in [-0.39, 0.29) is 11.5 Å². The highest BCUT2D eigenvalue weighted by Gasteiger charge is 2.15. The fourth-order valence-electron chi connectivity index (χ4n) is 1.32. The first-order valence-electron chi connectivity index (χ1n) is 4.32. The summed E-state index contributed by atoms with van der Waals surface area (Å²) in [6, 6.07) is 5.56. The van der Waals surface area contributed by atoms with E-state index in [9.17, 15) is 9.18 Å². The Morgan fingerprint density at radius 1 is 1.38 bits per heavy atom. The first-order chi connectivity index (χ1) is 7.59. The Balaban J connectivity index is 2.58. The van der Waals surface area contributed by atoms with E-state index in [0.717, 1.165) is 0 Å². The Hall–Kier alpha value is -1.44. The minimum atomic E-state index is -1.07. The van der Waals surface area contributed by atoms with E-state index in [1.165, 1.54) is 35.0 Å². The molecule has 1 N–H and O–H groups in total. The molecule has 2 aromatic rings. The van der Waals surface area contributed by atoms with Gasteiger partial charge in [0.15, 0.2) is 9.53 Å². The Bertz CT molecular complexity index is 536. The number of hydrogen-bond acceptors (Lipinski definition) is 2. The number of carbonyl (C=O) groups is 1. The summed E-state index contributed by atoms with van der Waals surface area (Å²) in [6.07, 6.45) is 1.27. The van der Waals surface area contributed by atoms with E-state index in [4.69, 9.17) is 5.11 Å². The molecule has 0 aliphatic carbocycles. The van der Waals surface area contributed by atoms with Gasteiger partial charge in [-0.15, -0.1) is 0 Å². The third-order valence-corrected chi connectivity index (χ3v) is 2.78. The van der Waals surface area contributed by atoms with Crippen LogP contribution in [0.3, 0.4) is 0 Å². The second kappa shape index (κ2) is 4.20. The molecule has 0 spiro atoms. The van der Waals surface area contributed by atoms with E-state index >= 15 is 0 Å². The van der Waals surface area contributed by atoms with Crippen LogP contribution in [0.5, 0.6) is 0 Å². The zero-order valence-electron chi connectivity index (χ0n) is 7.89. The highest BCUT2D eigenvalue weighted by Crippen LogP contribution is 2.17. The van der Waals surface area contributed by atoms with Crippen molar-refractivity contribution in [1.29, 1.82) is 0 Å². The van der Waals surface area contributed by atoms with Gasteiger partial charge in [0.2, 0.25) is 0 Å². The van der Waals surface area contributed by atoms with E-state index in [0.29, 0.717) is 9.52 Å². The molecule has 0 atom stereocenters. The number of rotatable bonds is 2. The maximum atomic E-state index is 12.7. The third kappa shape index (κ3) is 1.92. The average Bonchev–Trinajstić information content (AvgIpc) is 2.62. The molecule has 6 heteroatoms. The van der Waals surface area contributed by atoms with Crippen molar-refractivity contribution in [2.45, 2.75) is 0 Å². The van der Waals surface area contributed by atoms with Crippen LogP contribution in [-0.2, 0) is 0 Å². The monoisotopic (exact) mass is 332 g/mol. The quantitative estimate of drug-likeness (QED) is 0.859. The normalized spacial score (nSPS) is 10.4. The van der Waals surface area contributed by atoms with Crippen LogP contribution in [0.4, 0.5) is 4.39 Å². The number of aromatic nitrogens is 2. The molecule has 0 amide bonds. The van der Waals surface area contributed by atoms with Gasteiger partial charge in [-0.2, -0.15) is 0 Å². The van der Waals surface area contributed by atoms with Crippen molar-refractivity contribution in [3.8, 4) is 5.69 Å². The number of carboxylic acids is 1. The summed E-state index contributed by atoms with van der Waals surface area (Å²) in [5.41, 5.74) is 0.622. The smallest absolute Gasteiger partial charge is 0.354 e. The van der Waals surface area contributed by atoms with Crippen LogP contribution in [-0.4, -0.2) is 20.6 Å². The van der Waals surface area contributed by atoms with Gasteiger partial charge in [0.25, 0.3) is 0 Å². The minimum absolute atomic E-state index is 0.0519. The van der Waals surface area contributed by atoms with Crippen molar-refractivity contribution < 1.29 is 14.3 Å². The second-order valence-electron chi connectivity index (χ2n) is 3.03. The number of hydrogen-bond donors (Lipinski definition) is 1. The molecule has 1 aromatic carbocycles. The lowest BCUT2D eigenvalue weighted by atomic mass is 10.3. The van der Waals surface area contributed by atoms with Crippen LogP contribution in [0.1, 0.15) is 10.5 Å². The fourth-order valence-corrected chi connectivity index (χ4v) is 1.99. The van der Waals surface area contributed by atoms with Gasteiger partial charge in [0, 0.05) is 28.3 Å². The van der Waals surface area contributed by atoms with Gasteiger partial charge in [-0.3, -0.25) is 4.57 Å². The van der Waals surface area contributed by atoms with Gasteiger partial charge in [0.05, 0.1) is 6.20 Å². The lowest BCUT2D eigenvalue weighted by Gasteiger charge is -2.06. The van der Waals surface area contributed by atoms with E-state index < -0.39 is 5.97 Å². The number of halogens is 2. The molecule has 0 aliphatic rings. The zero-order valence-corrected chi connectivity index (χ0v) is 10.1. The largest absolute Gasteiger partial charge is 0.477 e. The van der Waals surface area contributed by atoms with Crippen LogP contribution in [0, 0.1) is 9.65 Å². The van der Waals surface area contributed by atoms with E-state index in [1.807, 2.05) is 22.6 Å². The molecule has 0 fully saturated rings. The molecule has 0 unspecified atom stereocenters. The molecule has 0 saturated heterocycles. The lowest BCUT2D eigenvalue weighted by molar-refractivity contribution is 0.0688. The first kappa shape index (κ1) is 11.1. The summed E-state index contributed by atoms with van der Waals surface area (Å²) in [4.78, 5) is 14.8. The number of carboxylic acid groups (broad SMARTS) is 1. The molecule has 16 heavy (non-hydrogen) atoms. The number of benzene rings is 1. The van der Waals surface area contributed by atoms with Crippen molar-refractivity contribution in [2.24, 2.45) is 0 Å². The highest BCUT2D eigenvalue weighted by atomic mass is 127. The summed E-state index contributed by atoms with van der Waals surface area (Å²) in [5, 5.41) is 8.96. The number of nitrogens with zero attached hydrogens (tertiary/aromatic N) is 2. The van der Waals surface area contributed by atoms with E-state index in [2.05, 4.69) is 4.98 Å². The molecule has 0 radical (unpaired) electrons. The van der Waals surface area contributed by atoms with Gasteiger partial charge in [-0.25, -0.2) is 14.2 Å². The lowest BCUT2D eigenvalue weighted by Crippen LogP contribution is -2.07. The Labute approximate surface area is 104 Å². The predicted molar refractivity (Wildman–Crippen MR) is 63.2 cm³/mol. The van der Waals surface area contributed by atoms with Crippen LogP contribution >= 0.6 is 22.6 Å². The molecule has 2 rings (SSSR count). The molecule has 82 valence electrons. The molecular weight excluding hydrogens is 326 g/mol. The SMILES string of the molecule is O=C(O)c1cnc(I)n1-c1ccc(F)cc1. The predicted octanol–water partition coefficient (Wildman–Crippen LogP) is 2.31. The number of aromatic carboxylic acids is 1. The molecule has 0 bridgehead atoms. The van der Waals surface area contributed by atoms with Crippen LogP contribution in [0.25, 0.3) is 5.69 Å². The standard InChI is InChI=1S/C10H6FIN2O2/c11-6-1-3-7(4-2-6)14-8(9(15)16)5-13-10(14)12/h1-5H,(H,15,16). The summed E-state index contributed by atoms with van der Waals surface area (Å²) >= 11 is 1.92. The van der Waals surface area contributed by atoms with Crippen LogP contribution < -0.4 is 0 Å². The third-order valence-electron chi connectivity index (χ3n) is 2.02. The summed E-state index contributed by atoms with van der Waals surface area (Å²) in [6.45, 7) is 0. The van der Waals surface area contributed by atoms with Gasteiger partial charge in [-0.1, -0.05) is 0 Å². The van der Waals surface area contributed by atoms with Crippen molar-refractivity contribution in [2.75, 3.05) is 0 Å². The molecular formula is C10H6FIN2O2. The van der Waals surface area contributed by atoms with Crippen molar-refractivity contribution >= 4 is 28.6 Å². The zero-order chi connectivity index (χ0) is 11.7. The topological polar surface area (TPSA) is 55.1 Å².